The Balaban J connectivity index is 2.65. The average molecular weight is 232 g/mol. The molecule has 1 aromatic carbocycles. The summed E-state index contributed by atoms with van der Waals surface area (Å²) in [7, 11) is 0. The summed E-state index contributed by atoms with van der Waals surface area (Å²) in [5, 5.41) is 21.0. The van der Waals surface area contributed by atoms with Crippen LogP contribution in [0.3, 0.4) is 0 Å². The molecular weight excluding hydrogens is 220 g/mol. The highest BCUT2D eigenvalue weighted by Gasteiger charge is 2.14. The molecular formula is C12H12N2O3. The Morgan fingerprint density at radius 1 is 1.47 bits per heavy atom. The number of aliphatic hydroxyl groups is 1. The summed E-state index contributed by atoms with van der Waals surface area (Å²) in [6.45, 7) is 1.68. The zero-order valence-corrected chi connectivity index (χ0v) is 9.33. The first-order valence-electron chi connectivity index (χ1n) is 5.28. The highest BCUT2D eigenvalue weighted by molar-refractivity contribution is 5.89. The highest BCUT2D eigenvalue weighted by Crippen LogP contribution is 2.26. The van der Waals surface area contributed by atoms with E-state index < -0.39 is 11.0 Å². The Hall–Kier alpha value is -2.01. The van der Waals surface area contributed by atoms with Crippen LogP contribution < -0.4 is 0 Å². The second-order valence-corrected chi connectivity index (χ2v) is 3.95. The van der Waals surface area contributed by atoms with Crippen LogP contribution in [-0.2, 0) is 6.42 Å². The predicted molar refractivity (Wildman–Crippen MR) is 63.8 cm³/mol. The maximum absolute atomic E-state index is 10.9. The number of para-hydroxylation sites is 1. The van der Waals surface area contributed by atoms with Crippen molar-refractivity contribution in [2.24, 2.45) is 0 Å². The Kier molecular flexibility index (Phi) is 3.01. The van der Waals surface area contributed by atoms with Crippen LogP contribution in [0.4, 0.5) is 5.69 Å². The van der Waals surface area contributed by atoms with Gasteiger partial charge in [0.2, 0.25) is 0 Å². The number of nitrogens with zero attached hydrogens (tertiary/aromatic N) is 2. The molecule has 0 aliphatic heterocycles. The van der Waals surface area contributed by atoms with E-state index in [0.717, 1.165) is 10.9 Å². The number of benzene rings is 1. The number of rotatable bonds is 3. The van der Waals surface area contributed by atoms with Crippen molar-refractivity contribution in [1.29, 1.82) is 0 Å². The Bertz CT molecular complexity index is 567. The third kappa shape index (κ3) is 2.24. The van der Waals surface area contributed by atoms with E-state index in [4.69, 9.17) is 0 Å². The number of non-ortho nitro benzene ring substituents is 1. The van der Waals surface area contributed by atoms with E-state index in [-0.39, 0.29) is 5.69 Å². The molecule has 0 aliphatic rings. The van der Waals surface area contributed by atoms with Gasteiger partial charge in [-0.3, -0.25) is 10.1 Å². The van der Waals surface area contributed by atoms with Crippen molar-refractivity contribution in [2.45, 2.75) is 19.4 Å². The Morgan fingerprint density at radius 3 is 2.88 bits per heavy atom. The Morgan fingerprint density at radius 2 is 2.24 bits per heavy atom. The fourth-order valence-corrected chi connectivity index (χ4v) is 1.86. The number of nitro benzene ring substituents is 1. The molecule has 1 unspecified atom stereocenters. The van der Waals surface area contributed by atoms with Crippen molar-refractivity contribution in [3.8, 4) is 0 Å². The van der Waals surface area contributed by atoms with Gasteiger partial charge in [-0.2, -0.15) is 0 Å². The number of aliphatic hydroxyl groups excluding tert-OH is 1. The van der Waals surface area contributed by atoms with E-state index in [2.05, 4.69) is 4.98 Å². The number of hydrogen-bond acceptors (Lipinski definition) is 4. The monoisotopic (exact) mass is 232 g/mol. The van der Waals surface area contributed by atoms with Gasteiger partial charge in [0.15, 0.2) is 0 Å². The zero-order valence-electron chi connectivity index (χ0n) is 9.33. The molecule has 0 spiro atoms. The maximum Gasteiger partial charge on any atom is 0.295 e. The second kappa shape index (κ2) is 4.47. The number of fused-ring (bicyclic) bond motifs is 1. The zero-order chi connectivity index (χ0) is 12.4. The number of aromatic nitrogens is 1. The molecule has 0 fully saturated rings. The van der Waals surface area contributed by atoms with Crippen LogP contribution in [0.15, 0.2) is 30.5 Å². The summed E-state index contributed by atoms with van der Waals surface area (Å²) in [5.74, 6) is 0. The number of hydrogen-bond donors (Lipinski definition) is 1. The normalized spacial score (nSPS) is 12.6. The standard InChI is InChI=1S/C12H12N2O3/c1-8(15)7-9-5-6-13-12-10(9)3-2-4-11(12)14(16)17/h2-6,8,15H,7H2,1H3. The number of pyridine rings is 1. The van der Waals surface area contributed by atoms with Gasteiger partial charge in [0.25, 0.3) is 5.69 Å². The minimum atomic E-state index is -0.486. The molecule has 88 valence electrons. The van der Waals surface area contributed by atoms with Crippen molar-refractivity contribution in [3.63, 3.8) is 0 Å². The summed E-state index contributed by atoms with van der Waals surface area (Å²) < 4.78 is 0. The van der Waals surface area contributed by atoms with Crippen molar-refractivity contribution in [3.05, 3.63) is 46.1 Å². The van der Waals surface area contributed by atoms with Gasteiger partial charge in [0.1, 0.15) is 5.52 Å². The summed E-state index contributed by atoms with van der Waals surface area (Å²) in [5.41, 5.74) is 1.24. The van der Waals surface area contributed by atoms with Gasteiger partial charge < -0.3 is 5.11 Å². The fraction of sp³-hybridized carbons (Fsp3) is 0.250. The lowest BCUT2D eigenvalue weighted by Gasteiger charge is -2.07. The van der Waals surface area contributed by atoms with E-state index >= 15 is 0 Å². The van der Waals surface area contributed by atoms with E-state index in [0.29, 0.717) is 11.9 Å². The van der Waals surface area contributed by atoms with Crippen LogP contribution in [0.25, 0.3) is 10.9 Å². The minimum Gasteiger partial charge on any atom is -0.393 e. The second-order valence-electron chi connectivity index (χ2n) is 3.95. The third-order valence-electron chi connectivity index (χ3n) is 2.55. The predicted octanol–water partition coefficient (Wildman–Crippen LogP) is 2.07. The molecule has 1 atom stereocenters. The van der Waals surface area contributed by atoms with Gasteiger partial charge in [-0.25, -0.2) is 4.98 Å². The smallest absolute Gasteiger partial charge is 0.295 e. The largest absolute Gasteiger partial charge is 0.393 e. The van der Waals surface area contributed by atoms with Crippen molar-refractivity contribution >= 4 is 16.6 Å². The van der Waals surface area contributed by atoms with Gasteiger partial charge in [-0.05, 0) is 25.0 Å². The lowest BCUT2D eigenvalue weighted by atomic mass is 10.0. The Labute approximate surface area is 97.9 Å². The molecule has 1 heterocycles. The van der Waals surface area contributed by atoms with Gasteiger partial charge in [-0.15, -0.1) is 0 Å². The van der Waals surface area contributed by atoms with Crippen LogP contribution in [0.5, 0.6) is 0 Å². The molecule has 0 radical (unpaired) electrons. The molecule has 1 aromatic heterocycles. The van der Waals surface area contributed by atoms with E-state index in [1.165, 1.54) is 12.3 Å². The number of nitro groups is 1. The average Bonchev–Trinajstić information content (AvgIpc) is 2.28. The molecule has 0 bridgehead atoms. The molecule has 0 saturated carbocycles. The van der Waals surface area contributed by atoms with Crippen LogP contribution in [0.2, 0.25) is 0 Å². The molecule has 0 saturated heterocycles. The summed E-state index contributed by atoms with van der Waals surface area (Å²) in [4.78, 5) is 14.5. The van der Waals surface area contributed by atoms with Crippen LogP contribution in [0, 0.1) is 10.1 Å². The van der Waals surface area contributed by atoms with Crippen molar-refractivity contribution in [1.82, 2.24) is 4.98 Å². The minimum absolute atomic E-state index is 0.00468. The van der Waals surface area contributed by atoms with E-state index in [9.17, 15) is 15.2 Å². The molecule has 0 aliphatic carbocycles. The van der Waals surface area contributed by atoms with Crippen LogP contribution >= 0.6 is 0 Å². The van der Waals surface area contributed by atoms with Crippen LogP contribution in [0.1, 0.15) is 12.5 Å². The van der Waals surface area contributed by atoms with Gasteiger partial charge >= 0.3 is 0 Å². The summed E-state index contributed by atoms with van der Waals surface area (Å²) in [6, 6.07) is 6.63. The van der Waals surface area contributed by atoms with Crippen molar-refractivity contribution < 1.29 is 10.0 Å². The molecule has 2 rings (SSSR count). The highest BCUT2D eigenvalue weighted by atomic mass is 16.6. The molecule has 5 nitrogen and oxygen atoms in total. The van der Waals surface area contributed by atoms with Gasteiger partial charge in [0.05, 0.1) is 11.0 Å². The maximum atomic E-state index is 10.9. The molecule has 5 heteroatoms. The first-order chi connectivity index (χ1) is 8.09. The lowest BCUT2D eigenvalue weighted by Crippen LogP contribution is -2.05. The van der Waals surface area contributed by atoms with Crippen molar-refractivity contribution in [2.75, 3.05) is 0 Å². The van der Waals surface area contributed by atoms with Gasteiger partial charge in [0, 0.05) is 17.6 Å². The van der Waals surface area contributed by atoms with Gasteiger partial charge in [-0.1, -0.05) is 12.1 Å². The first-order valence-corrected chi connectivity index (χ1v) is 5.28. The first kappa shape index (κ1) is 11.5. The summed E-state index contributed by atoms with van der Waals surface area (Å²) in [6.07, 6.45) is 1.51. The quantitative estimate of drug-likeness (QED) is 0.649. The SMILES string of the molecule is CC(O)Cc1ccnc2c([N+](=O)[O-])cccc12. The fourth-order valence-electron chi connectivity index (χ4n) is 1.86. The van der Waals surface area contributed by atoms with E-state index in [1.54, 1.807) is 25.1 Å². The summed E-state index contributed by atoms with van der Waals surface area (Å²) >= 11 is 0. The molecule has 17 heavy (non-hydrogen) atoms. The van der Waals surface area contributed by atoms with E-state index in [1.807, 2.05) is 0 Å². The molecule has 0 amide bonds. The third-order valence-corrected chi connectivity index (χ3v) is 2.55. The topological polar surface area (TPSA) is 76.3 Å². The van der Waals surface area contributed by atoms with Crippen LogP contribution in [-0.4, -0.2) is 21.1 Å². The molecule has 2 aromatic rings. The lowest BCUT2D eigenvalue weighted by molar-refractivity contribution is -0.383. The molecule has 1 N–H and O–H groups in total.